The Hall–Kier alpha value is -3.28. The SMILES string of the molecule is COc1cccc(NC(=O)CC2=C(O)CCn3c2nc2ccccc23)c1. The molecule has 2 heterocycles. The van der Waals surface area contributed by atoms with Crippen LogP contribution in [0.25, 0.3) is 16.6 Å². The number of ether oxygens (including phenoxy) is 1. The number of aliphatic hydroxyl groups excluding tert-OH is 1. The van der Waals surface area contributed by atoms with Crippen molar-refractivity contribution in [3.8, 4) is 5.75 Å². The zero-order chi connectivity index (χ0) is 18.1. The van der Waals surface area contributed by atoms with E-state index in [1.807, 2.05) is 36.4 Å². The number of aliphatic hydroxyl groups is 1. The van der Waals surface area contributed by atoms with Crippen LogP contribution in [0, 0.1) is 0 Å². The first-order chi connectivity index (χ1) is 12.7. The third-order valence-corrected chi connectivity index (χ3v) is 4.54. The van der Waals surface area contributed by atoms with Gasteiger partial charge < -0.3 is 19.7 Å². The van der Waals surface area contributed by atoms with Crippen LogP contribution in [-0.4, -0.2) is 27.7 Å². The minimum atomic E-state index is -0.208. The minimum Gasteiger partial charge on any atom is -0.512 e. The highest BCUT2D eigenvalue weighted by atomic mass is 16.5. The molecule has 1 aromatic heterocycles. The number of carbonyl (C=O) groups excluding carboxylic acids is 1. The third kappa shape index (κ3) is 2.90. The number of nitrogens with zero attached hydrogens (tertiary/aromatic N) is 2. The van der Waals surface area contributed by atoms with Crippen LogP contribution in [0.5, 0.6) is 5.75 Å². The Balaban J connectivity index is 1.60. The number of imidazole rings is 1. The molecule has 2 aromatic carbocycles. The Labute approximate surface area is 150 Å². The van der Waals surface area contributed by atoms with Gasteiger partial charge in [-0.1, -0.05) is 18.2 Å². The van der Waals surface area contributed by atoms with Crippen LogP contribution >= 0.6 is 0 Å². The number of allylic oxidation sites excluding steroid dienone is 1. The molecule has 1 aliphatic heterocycles. The quantitative estimate of drug-likeness (QED) is 0.752. The molecule has 0 spiro atoms. The van der Waals surface area contributed by atoms with E-state index in [1.165, 1.54) is 0 Å². The van der Waals surface area contributed by atoms with Crippen molar-refractivity contribution in [2.45, 2.75) is 19.4 Å². The maximum atomic E-state index is 12.5. The predicted molar refractivity (Wildman–Crippen MR) is 100 cm³/mol. The highest BCUT2D eigenvalue weighted by Crippen LogP contribution is 2.31. The van der Waals surface area contributed by atoms with Gasteiger partial charge in [0.2, 0.25) is 5.91 Å². The van der Waals surface area contributed by atoms with E-state index in [0.29, 0.717) is 35.8 Å². The molecule has 0 fully saturated rings. The Bertz CT molecular complexity index is 1020. The van der Waals surface area contributed by atoms with Gasteiger partial charge in [0, 0.05) is 30.3 Å². The van der Waals surface area contributed by atoms with Gasteiger partial charge in [-0.05, 0) is 24.3 Å². The first-order valence-electron chi connectivity index (χ1n) is 8.46. The number of fused-ring (bicyclic) bond motifs is 3. The summed E-state index contributed by atoms with van der Waals surface area (Å²) in [5.41, 5.74) is 3.11. The topological polar surface area (TPSA) is 76.4 Å². The first-order valence-corrected chi connectivity index (χ1v) is 8.46. The summed E-state index contributed by atoms with van der Waals surface area (Å²) in [6, 6.07) is 15.0. The number of methoxy groups -OCH3 is 1. The number of amides is 1. The molecule has 6 heteroatoms. The van der Waals surface area contributed by atoms with Crippen molar-refractivity contribution < 1.29 is 14.6 Å². The average Bonchev–Trinajstić information content (AvgIpc) is 3.03. The summed E-state index contributed by atoms with van der Waals surface area (Å²) in [7, 11) is 1.58. The van der Waals surface area contributed by atoms with Crippen LogP contribution in [0.4, 0.5) is 5.69 Å². The molecule has 3 aromatic rings. The Morgan fingerprint density at radius 1 is 1.27 bits per heavy atom. The molecule has 1 amide bonds. The van der Waals surface area contributed by atoms with Crippen molar-refractivity contribution in [3.05, 3.63) is 60.1 Å². The zero-order valence-electron chi connectivity index (χ0n) is 14.4. The fourth-order valence-corrected chi connectivity index (χ4v) is 3.28. The number of hydrogen-bond acceptors (Lipinski definition) is 4. The summed E-state index contributed by atoms with van der Waals surface area (Å²) in [6.45, 7) is 0.655. The highest BCUT2D eigenvalue weighted by Gasteiger charge is 2.24. The van der Waals surface area contributed by atoms with E-state index in [0.717, 1.165) is 11.0 Å². The van der Waals surface area contributed by atoms with Crippen LogP contribution in [0.15, 0.2) is 54.3 Å². The molecule has 0 radical (unpaired) electrons. The van der Waals surface area contributed by atoms with Crippen molar-refractivity contribution in [1.82, 2.24) is 9.55 Å². The van der Waals surface area contributed by atoms with E-state index in [9.17, 15) is 9.90 Å². The van der Waals surface area contributed by atoms with Gasteiger partial charge in [-0.3, -0.25) is 4.79 Å². The number of benzene rings is 2. The Kier molecular flexibility index (Phi) is 4.08. The Morgan fingerprint density at radius 2 is 2.12 bits per heavy atom. The molecule has 6 nitrogen and oxygen atoms in total. The number of anilines is 1. The fourth-order valence-electron chi connectivity index (χ4n) is 3.28. The molecule has 132 valence electrons. The number of para-hydroxylation sites is 2. The van der Waals surface area contributed by atoms with Crippen molar-refractivity contribution in [2.75, 3.05) is 12.4 Å². The van der Waals surface area contributed by atoms with Crippen molar-refractivity contribution in [2.24, 2.45) is 0 Å². The lowest BCUT2D eigenvalue weighted by atomic mass is 10.0. The summed E-state index contributed by atoms with van der Waals surface area (Å²) in [5.74, 6) is 1.36. The van der Waals surface area contributed by atoms with Crippen LogP contribution in [0.2, 0.25) is 0 Å². The normalized spacial score (nSPS) is 13.6. The van der Waals surface area contributed by atoms with Crippen LogP contribution < -0.4 is 10.1 Å². The summed E-state index contributed by atoms with van der Waals surface area (Å²) in [4.78, 5) is 17.1. The monoisotopic (exact) mass is 349 g/mol. The third-order valence-electron chi connectivity index (χ3n) is 4.54. The van der Waals surface area contributed by atoms with Gasteiger partial charge in [-0.25, -0.2) is 4.98 Å². The zero-order valence-corrected chi connectivity index (χ0v) is 14.4. The first kappa shape index (κ1) is 16.2. The van der Waals surface area contributed by atoms with Crippen LogP contribution in [-0.2, 0) is 11.3 Å². The number of rotatable bonds is 4. The second-order valence-electron chi connectivity index (χ2n) is 6.21. The molecular weight excluding hydrogens is 330 g/mol. The lowest BCUT2D eigenvalue weighted by molar-refractivity contribution is -0.115. The second-order valence-corrected chi connectivity index (χ2v) is 6.21. The predicted octanol–water partition coefficient (Wildman–Crippen LogP) is 3.75. The van der Waals surface area contributed by atoms with Gasteiger partial charge in [0.25, 0.3) is 0 Å². The molecule has 0 bridgehead atoms. The fraction of sp³-hybridized carbons (Fsp3) is 0.200. The van der Waals surface area contributed by atoms with Crippen molar-refractivity contribution in [1.29, 1.82) is 0 Å². The minimum absolute atomic E-state index is 0.0619. The molecule has 2 N–H and O–H groups in total. The largest absolute Gasteiger partial charge is 0.512 e. The lowest BCUT2D eigenvalue weighted by Crippen LogP contribution is -2.18. The van der Waals surface area contributed by atoms with Gasteiger partial charge in [0.1, 0.15) is 17.3 Å². The maximum absolute atomic E-state index is 12.5. The number of hydrogen-bond donors (Lipinski definition) is 2. The summed E-state index contributed by atoms with van der Waals surface area (Å²) in [6.07, 6.45) is 0.557. The molecule has 1 aliphatic rings. The number of aromatic nitrogens is 2. The maximum Gasteiger partial charge on any atom is 0.229 e. The second kappa shape index (κ2) is 6.55. The van der Waals surface area contributed by atoms with Gasteiger partial charge in [-0.2, -0.15) is 0 Å². The smallest absolute Gasteiger partial charge is 0.229 e. The van der Waals surface area contributed by atoms with E-state index >= 15 is 0 Å². The average molecular weight is 349 g/mol. The van der Waals surface area contributed by atoms with E-state index in [1.54, 1.807) is 19.2 Å². The lowest BCUT2D eigenvalue weighted by Gasteiger charge is -2.19. The number of nitrogens with one attached hydrogen (secondary N) is 1. The molecule has 4 rings (SSSR count). The van der Waals surface area contributed by atoms with Crippen LogP contribution in [0.1, 0.15) is 18.7 Å². The van der Waals surface area contributed by atoms with E-state index in [4.69, 9.17) is 4.74 Å². The van der Waals surface area contributed by atoms with Crippen LogP contribution in [0.3, 0.4) is 0 Å². The van der Waals surface area contributed by atoms with E-state index in [2.05, 4.69) is 14.9 Å². The van der Waals surface area contributed by atoms with Crippen molar-refractivity contribution in [3.63, 3.8) is 0 Å². The summed E-state index contributed by atoms with van der Waals surface area (Å²) >= 11 is 0. The molecule has 0 aliphatic carbocycles. The molecule has 0 saturated heterocycles. The van der Waals surface area contributed by atoms with E-state index < -0.39 is 0 Å². The highest BCUT2D eigenvalue weighted by molar-refractivity contribution is 5.98. The van der Waals surface area contributed by atoms with Gasteiger partial charge in [0.15, 0.2) is 0 Å². The van der Waals surface area contributed by atoms with Gasteiger partial charge in [-0.15, -0.1) is 0 Å². The summed E-state index contributed by atoms with van der Waals surface area (Å²) < 4.78 is 7.23. The van der Waals surface area contributed by atoms with Gasteiger partial charge in [0.05, 0.1) is 24.6 Å². The Morgan fingerprint density at radius 3 is 2.96 bits per heavy atom. The molecular formula is C20H19N3O3. The summed E-state index contributed by atoms with van der Waals surface area (Å²) in [5, 5.41) is 13.2. The molecule has 0 saturated carbocycles. The molecule has 0 atom stereocenters. The number of aryl methyl sites for hydroxylation is 1. The van der Waals surface area contributed by atoms with Crippen molar-refractivity contribution >= 4 is 28.2 Å². The number of carbonyl (C=O) groups is 1. The van der Waals surface area contributed by atoms with E-state index in [-0.39, 0.29) is 18.1 Å². The van der Waals surface area contributed by atoms with Gasteiger partial charge >= 0.3 is 0 Å². The molecule has 26 heavy (non-hydrogen) atoms. The standard InChI is InChI=1S/C20H19N3O3/c1-26-14-6-4-5-13(11-14)21-19(25)12-15-18(24)9-10-23-17-8-3-2-7-16(17)22-20(15)23/h2-8,11,24H,9-10,12H2,1H3,(H,21,25). The molecule has 0 unspecified atom stereocenters.